The van der Waals surface area contributed by atoms with Crippen molar-refractivity contribution in [1.29, 1.82) is 0 Å². The summed E-state index contributed by atoms with van der Waals surface area (Å²) in [5, 5.41) is 0. The summed E-state index contributed by atoms with van der Waals surface area (Å²) in [5.74, 6) is 0.223. The van der Waals surface area contributed by atoms with E-state index in [1.165, 1.54) is 25.7 Å². The average molecular weight is 339 g/mol. The minimum atomic E-state index is 0. The van der Waals surface area contributed by atoms with Crippen LogP contribution >= 0.6 is 24.0 Å². The van der Waals surface area contributed by atoms with Gasteiger partial charge in [-0.3, -0.25) is 0 Å². The first-order chi connectivity index (χ1) is 7.19. The molecule has 94 valence electrons. The summed E-state index contributed by atoms with van der Waals surface area (Å²) >= 11 is 0. The molecule has 2 unspecified atom stereocenters. The predicted octanol–water partition coefficient (Wildman–Crippen LogP) is 1.62. The van der Waals surface area contributed by atoms with E-state index in [1.54, 1.807) is 0 Å². The third kappa shape index (κ3) is 2.30. The molecule has 2 rings (SSSR count). The number of halogens is 1. The van der Waals surface area contributed by atoms with Crippen molar-refractivity contribution in [2.45, 2.75) is 51.2 Å². The lowest BCUT2D eigenvalue weighted by molar-refractivity contribution is -0.119. The van der Waals surface area contributed by atoms with Gasteiger partial charge in [0.05, 0.1) is 12.1 Å². The highest BCUT2D eigenvalue weighted by atomic mass is 127. The molecule has 0 saturated heterocycles. The van der Waals surface area contributed by atoms with E-state index >= 15 is 0 Å². The second-order valence-corrected chi connectivity index (χ2v) is 4.69. The van der Waals surface area contributed by atoms with Crippen molar-refractivity contribution in [2.24, 2.45) is 21.9 Å². The van der Waals surface area contributed by atoms with Gasteiger partial charge in [0.25, 0.3) is 0 Å². The van der Waals surface area contributed by atoms with Crippen LogP contribution in [0.15, 0.2) is 4.99 Å². The Morgan fingerprint density at radius 1 is 1.38 bits per heavy atom. The lowest BCUT2D eigenvalue weighted by atomic mass is 9.61. The Morgan fingerprint density at radius 3 is 2.50 bits per heavy atom. The van der Waals surface area contributed by atoms with Crippen molar-refractivity contribution in [2.75, 3.05) is 6.61 Å². The topological polar surface area (TPSA) is 73.6 Å². The Hall–Kier alpha value is -0.0400. The van der Waals surface area contributed by atoms with E-state index in [0.717, 1.165) is 13.0 Å². The van der Waals surface area contributed by atoms with Gasteiger partial charge in [-0.2, -0.15) is 0 Å². The molecule has 0 heterocycles. The Balaban J connectivity index is 0.00000128. The lowest BCUT2D eigenvalue weighted by Gasteiger charge is -2.51. The van der Waals surface area contributed by atoms with Gasteiger partial charge in [0, 0.05) is 12.0 Å². The molecule has 5 heteroatoms. The van der Waals surface area contributed by atoms with Crippen LogP contribution in [0.1, 0.15) is 39.0 Å². The predicted molar refractivity (Wildman–Crippen MR) is 75.9 cm³/mol. The Bertz CT molecular complexity index is 260. The number of guanidine groups is 1. The van der Waals surface area contributed by atoms with Crippen molar-refractivity contribution in [3.05, 3.63) is 0 Å². The number of rotatable bonds is 3. The first kappa shape index (κ1) is 14.0. The number of aliphatic imine (C=N–C) groups is 1. The van der Waals surface area contributed by atoms with E-state index in [9.17, 15) is 0 Å². The van der Waals surface area contributed by atoms with Crippen LogP contribution < -0.4 is 11.5 Å². The molecular weight excluding hydrogens is 317 g/mol. The summed E-state index contributed by atoms with van der Waals surface area (Å²) in [4.78, 5) is 4.34. The highest BCUT2D eigenvalue weighted by molar-refractivity contribution is 14.0. The normalized spacial score (nSPS) is 30.6. The molecule has 2 aliphatic carbocycles. The summed E-state index contributed by atoms with van der Waals surface area (Å²) in [7, 11) is 0. The maximum Gasteiger partial charge on any atom is 0.186 e. The van der Waals surface area contributed by atoms with Gasteiger partial charge in [-0.15, -0.1) is 24.0 Å². The molecule has 2 fully saturated rings. The summed E-state index contributed by atoms with van der Waals surface area (Å²) in [6.45, 7) is 2.84. The zero-order chi connectivity index (χ0) is 10.9. The minimum absolute atomic E-state index is 0. The largest absolute Gasteiger partial charge is 0.378 e. The van der Waals surface area contributed by atoms with Crippen LogP contribution in [0.25, 0.3) is 0 Å². The van der Waals surface area contributed by atoms with Crippen LogP contribution in [0.4, 0.5) is 0 Å². The van der Waals surface area contributed by atoms with Gasteiger partial charge >= 0.3 is 0 Å². The number of nitrogens with two attached hydrogens (primary N) is 2. The van der Waals surface area contributed by atoms with Crippen molar-refractivity contribution >= 4 is 29.9 Å². The second-order valence-electron chi connectivity index (χ2n) is 4.69. The number of nitrogens with zero attached hydrogens (tertiary/aromatic N) is 1. The molecule has 0 aliphatic heterocycles. The van der Waals surface area contributed by atoms with Crippen molar-refractivity contribution < 1.29 is 4.74 Å². The van der Waals surface area contributed by atoms with E-state index in [4.69, 9.17) is 16.2 Å². The zero-order valence-corrected chi connectivity index (χ0v) is 12.1. The van der Waals surface area contributed by atoms with E-state index < -0.39 is 0 Å². The molecule has 1 spiro atoms. The lowest BCUT2D eigenvalue weighted by Crippen LogP contribution is -2.56. The second kappa shape index (κ2) is 5.53. The number of hydrogen-bond acceptors (Lipinski definition) is 2. The first-order valence-electron chi connectivity index (χ1n) is 5.89. The molecular formula is C11H22IN3O. The molecule has 2 saturated carbocycles. The molecule has 0 aromatic rings. The molecule has 4 nitrogen and oxygen atoms in total. The van der Waals surface area contributed by atoms with E-state index in [2.05, 4.69) is 11.9 Å². The van der Waals surface area contributed by atoms with E-state index in [0.29, 0.717) is 12.1 Å². The number of hydrogen-bond donors (Lipinski definition) is 2. The molecule has 2 aliphatic rings. The van der Waals surface area contributed by atoms with Crippen LogP contribution in [-0.4, -0.2) is 24.7 Å². The van der Waals surface area contributed by atoms with Crippen molar-refractivity contribution in [3.8, 4) is 0 Å². The standard InChI is InChI=1S/C11H21N3O.HI/c1-2-15-9-7-8(14-10(12)13)11(9)5-3-4-6-11;/h8-9H,2-7H2,1H3,(H4,12,13,14);1H. The molecule has 2 atom stereocenters. The fourth-order valence-electron chi connectivity index (χ4n) is 3.21. The third-order valence-corrected chi connectivity index (χ3v) is 3.95. The fraction of sp³-hybridized carbons (Fsp3) is 0.909. The van der Waals surface area contributed by atoms with Crippen LogP contribution in [0, 0.1) is 5.41 Å². The highest BCUT2D eigenvalue weighted by Crippen LogP contribution is 2.56. The summed E-state index contributed by atoms with van der Waals surface area (Å²) in [6, 6.07) is 0.307. The zero-order valence-electron chi connectivity index (χ0n) is 9.82. The van der Waals surface area contributed by atoms with Gasteiger partial charge < -0.3 is 16.2 Å². The monoisotopic (exact) mass is 339 g/mol. The quantitative estimate of drug-likeness (QED) is 0.466. The van der Waals surface area contributed by atoms with Crippen molar-refractivity contribution in [1.82, 2.24) is 0 Å². The number of ether oxygens (including phenoxy) is 1. The van der Waals surface area contributed by atoms with Gasteiger partial charge in [0.2, 0.25) is 0 Å². The SMILES string of the molecule is CCOC1CC(N=C(N)N)C12CCCC2.I. The third-order valence-electron chi connectivity index (χ3n) is 3.95. The molecule has 16 heavy (non-hydrogen) atoms. The van der Waals surface area contributed by atoms with Gasteiger partial charge in [-0.1, -0.05) is 12.8 Å². The Morgan fingerprint density at radius 2 is 2.00 bits per heavy atom. The van der Waals surface area contributed by atoms with Crippen molar-refractivity contribution in [3.63, 3.8) is 0 Å². The van der Waals surface area contributed by atoms with Gasteiger partial charge in [0.15, 0.2) is 5.96 Å². The van der Waals surface area contributed by atoms with Crippen LogP contribution in [0.3, 0.4) is 0 Å². The first-order valence-corrected chi connectivity index (χ1v) is 5.89. The highest BCUT2D eigenvalue weighted by Gasteiger charge is 2.56. The summed E-state index contributed by atoms with van der Waals surface area (Å²) < 4.78 is 5.78. The van der Waals surface area contributed by atoms with Gasteiger partial charge in [0.1, 0.15) is 0 Å². The maximum absolute atomic E-state index is 5.78. The van der Waals surface area contributed by atoms with Crippen LogP contribution in [-0.2, 0) is 4.74 Å². The molecule has 4 N–H and O–H groups in total. The molecule has 0 aromatic carbocycles. The summed E-state index contributed by atoms with van der Waals surface area (Å²) in [6.07, 6.45) is 6.41. The molecule has 0 amide bonds. The molecule has 0 aromatic heterocycles. The van der Waals surface area contributed by atoms with Gasteiger partial charge in [-0.25, -0.2) is 4.99 Å². The Labute approximate surface area is 114 Å². The van der Waals surface area contributed by atoms with Gasteiger partial charge in [-0.05, 0) is 26.2 Å². The Kier molecular flexibility index (Phi) is 4.85. The molecule has 0 bridgehead atoms. The average Bonchev–Trinajstić information content (AvgIpc) is 2.67. The minimum Gasteiger partial charge on any atom is -0.378 e. The van der Waals surface area contributed by atoms with E-state index in [-0.39, 0.29) is 35.4 Å². The smallest absolute Gasteiger partial charge is 0.186 e. The van der Waals surface area contributed by atoms with Crippen LogP contribution in [0.2, 0.25) is 0 Å². The summed E-state index contributed by atoms with van der Waals surface area (Å²) in [5.41, 5.74) is 11.2. The maximum atomic E-state index is 5.78. The van der Waals surface area contributed by atoms with Crippen LogP contribution in [0.5, 0.6) is 0 Å². The fourth-order valence-corrected chi connectivity index (χ4v) is 3.21. The molecule has 0 radical (unpaired) electrons. The van der Waals surface area contributed by atoms with E-state index in [1.807, 2.05) is 0 Å².